The van der Waals surface area contributed by atoms with Crippen LogP contribution in [0.4, 0.5) is 15.8 Å². The number of nitrogens with zero attached hydrogens (tertiary/aromatic N) is 1. The monoisotopic (exact) mass is 546 g/mol. The van der Waals surface area contributed by atoms with Crippen molar-refractivity contribution in [3.63, 3.8) is 0 Å². The minimum absolute atomic E-state index is 0.0227. The van der Waals surface area contributed by atoms with E-state index in [2.05, 4.69) is 5.32 Å². The first-order chi connectivity index (χ1) is 16.1. The molecule has 0 saturated carbocycles. The molecule has 12 heteroatoms. The van der Waals surface area contributed by atoms with Crippen LogP contribution in [-0.2, 0) is 14.8 Å². The Balaban J connectivity index is 2.02. The molecular weight excluding hydrogens is 530 g/mol. The predicted octanol–water partition coefficient (Wildman–Crippen LogP) is 5.64. The number of hydrogen-bond acceptors (Lipinski definition) is 5. The normalized spacial score (nSPS) is 11.1. The molecule has 3 aromatic carbocycles. The molecule has 1 amide bonds. The van der Waals surface area contributed by atoms with E-state index in [4.69, 9.17) is 44.3 Å². The molecule has 0 unspecified atom stereocenters. The Labute approximate surface area is 211 Å². The van der Waals surface area contributed by atoms with E-state index in [1.54, 1.807) is 0 Å². The third kappa shape index (κ3) is 5.67. The van der Waals surface area contributed by atoms with Crippen LogP contribution < -0.4 is 19.1 Å². The highest BCUT2D eigenvalue weighted by Gasteiger charge is 2.29. The first kappa shape index (κ1) is 25.9. The average molecular weight is 548 g/mol. The zero-order chi connectivity index (χ0) is 25.0. The minimum atomic E-state index is -4.33. The van der Waals surface area contributed by atoms with E-state index in [-0.39, 0.29) is 26.4 Å². The van der Waals surface area contributed by atoms with Crippen LogP contribution in [0.25, 0.3) is 0 Å². The summed E-state index contributed by atoms with van der Waals surface area (Å²) in [4.78, 5) is 12.6. The largest absolute Gasteiger partial charge is 0.493 e. The quantitative estimate of drug-likeness (QED) is 0.395. The SMILES string of the molecule is COc1ccc(S(=O)(=O)N(CC(=O)Nc2ccc(Cl)c(Cl)c2)c2ccc(F)c(Cl)c2)cc1OC. The van der Waals surface area contributed by atoms with Gasteiger partial charge in [-0.15, -0.1) is 0 Å². The van der Waals surface area contributed by atoms with Gasteiger partial charge in [-0.25, -0.2) is 12.8 Å². The Morgan fingerprint density at radius 2 is 1.62 bits per heavy atom. The molecule has 0 aliphatic rings. The summed E-state index contributed by atoms with van der Waals surface area (Å²) in [7, 11) is -1.57. The lowest BCUT2D eigenvalue weighted by Crippen LogP contribution is -2.38. The standard InChI is InChI=1S/C22H18Cl3FN2O5S/c1-32-20-8-5-15(11-21(20)33-2)34(30,31)28(14-4-7-19(26)18(25)10-14)12-22(29)27-13-3-6-16(23)17(24)9-13/h3-11H,12H2,1-2H3,(H,27,29). The Bertz CT molecular complexity index is 1340. The number of ether oxygens (including phenoxy) is 2. The van der Waals surface area contributed by atoms with Gasteiger partial charge < -0.3 is 14.8 Å². The van der Waals surface area contributed by atoms with Gasteiger partial charge in [0.25, 0.3) is 10.0 Å². The summed E-state index contributed by atoms with van der Waals surface area (Å²) in [6.07, 6.45) is 0. The molecule has 0 aromatic heterocycles. The molecule has 180 valence electrons. The zero-order valence-corrected chi connectivity index (χ0v) is 20.9. The molecule has 1 N–H and O–H groups in total. The van der Waals surface area contributed by atoms with Crippen LogP contribution in [0, 0.1) is 5.82 Å². The second kappa shape index (κ2) is 10.7. The van der Waals surface area contributed by atoms with Gasteiger partial charge >= 0.3 is 0 Å². The fourth-order valence-electron chi connectivity index (χ4n) is 2.96. The second-order valence-electron chi connectivity index (χ2n) is 6.80. The van der Waals surface area contributed by atoms with Gasteiger partial charge in [-0.3, -0.25) is 9.10 Å². The molecule has 0 aliphatic heterocycles. The molecule has 0 aliphatic carbocycles. The van der Waals surface area contributed by atoms with Gasteiger partial charge in [0.2, 0.25) is 5.91 Å². The van der Waals surface area contributed by atoms with E-state index >= 15 is 0 Å². The van der Waals surface area contributed by atoms with Crippen molar-refractivity contribution in [2.45, 2.75) is 4.90 Å². The van der Waals surface area contributed by atoms with Crippen LogP contribution in [0.5, 0.6) is 11.5 Å². The van der Waals surface area contributed by atoms with Gasteiger partial charge in [-0.1, -0.05) is 34.8 Å². The number of carbonyl (C=O) groups excluding carboxylic acids is 1. The number of benzene rings is 3. The van der Waals surface area contributed by atoms with Gasteiger partial charge in [0, 0.05) is 11.8 Å². The lowest BCUT2D eigenvalue weighted by molar-refractivity contribution is -0.114. The molecule has 0 radical (unpaired) electrons. The van der Waals surface area contributed by atoms with Crippen molar-refractivity contribution in [1.82, 2.24) is 0 Å². The van der Waals surface area contributed by atoms with Crippen molar-refractivity contribution in [2.24, 2.45) is 0 Å². The van der Waals surface area contributed by atoms with Crippen molar-refractivity contribution in [2.75, 3.05) is 30.4 Å². The highest BCUT2D eigenvalue weighted by molar-refractivity contribution is 7.92. The van der Waals surface area contributed by atoms with Crippen LogP contribution in [0.1, 0.15) is 0 Å². The molecule has 0 bridgehead atoms. The van der Waals surface area contributed by atoms with Crippen LogP contribution in [-0.4, -0.2) is 35.1 Å². The smallest absolute Gasteiger partial charge is 0.264 e. The average Bonchev–Trinajstić information content (AvgIpc) is 2.81. The number of carbonyl (C=O) groups is 1. The predicted molar refractivity (Wildman–Crippen MR) is 131 cm³/mol. The maximum Gasteiger partial charge on any atom is 0.264 e. The highest BCUT2D eigenvalue weighted by Crippen LogP contribution is 2.33. The van der Waals surface area contributed by atoms with E-state index in [9.17, 15) is 17.6 Å². The maximum absolute atomic E-state index is 13.8. The van der Waals surface area contributed by atoms with E-state index in [0.717, 1.165) is 16.4 Å². The number of hydrogen-bond donors (Lipinski definition) is 1. The summed E-state index contributed by atoms with van der Waals surface area (Å²) in [6.45, 7) is -0.654. The van der Waals surface area contributed by atoms with Crippen molar-refractivity contribution in [1.29, 1.82) is 0 Å². The van der Waals surface area contributed by atoms with Gasteiger partial charge in [0.15, 0.2) is 11.5 Å². The van der Waals surface area contributed by atoms with Crippen molar-refractivity contribution < 1.29 is 27.1 Å². The highest BCUT2D eigenvalue weighted by atomic mass is 35.5. The lowest BCUT2D eigenvalue weighted by atomic mass is 10.3. The lowest BCUT2D eigenvalue weighted by Gasteiger charge is -2.25. The Morgan fingerprint density at radius 3 is 2.24 bits per heavy atom. The first-order valence-electron chi connectivity index (χ1n) is 9.51. The Morgan fingerprint density at radius 1 is 0.912 bits per heavy atom. The molecule has 0 heterocycles. The van der Waals surface area contributed by atoms with Crippen molar-refractivity contribution >= 4 is 62.1 Å². The Kier molecular flexibility index (Phi) is 8.14. The third-order valence-electron chi connectivity index (χ3n) is 4.62. The maximum atomic E-state index is 13.8. The first-order valence-corrected chi connectivity index (χ1v) is 12.1. The third-order valence-corrected chi connectivity index (χ3v) is 7.42. The molecule has 34 heavy (non-hydrogen) atoms. The Hall–Kier alpha value is -2.72. The molecular formula is C22H18Cl3FN2O5S. The number of halogens is 4. The number of sulfonamides is 1. The summed E-state index contributed by atoms with van der Waals surface area (Å²) in [5.74, 6) is -0.951. The van der Waals surface area contributed by atoms with Crippen molar-refractivity contribution in [3.8, 4) is 11.5 Å². The summed E-state index contributed by atoms with van der Waals surface area (Å²) in [5.41, 5.74) is 0.283. The summed E-state index contributed by atoms with van der Waals surface area (Å²) >= 11 is 17.7. The van der Waals surface area contributed by atoms with Crippen molar-refractivity contribution in [3.05, 3.63) is 75.5 Å². The van der Waals surface area contributed by atoms with Crippen LogP contribution in [0.2, 0.25) is 15.1 Å². The van der Waals surface area contributed by atoms with Crippen LogP contribution >= 0.6 is 34.8 Å². The summed E-state index contributed by atoms with van der Waals surface area (Å²) < 4.78 is 52.0. The summed E-state index contributed by atoms with van der Waals surface area (Å²) in [5, 5.41) is 2.75. The summed E-state index contributed by atoms with van der Waals surface area (Å²) in [6, 6.07) is 11.7. The van der Waals surface area contributed by atoms with E-state index in [1.165, 1.54) is 56.7 Å². The van der Waals surface area contributed by atoms with Gasteiger partial charge in [-0.05, 0) is 48.5 Å². The molecule has 0 atom stereocenters. The van der Waals surface area contributed by atoms with Gasteiger partial charge in [0.05, 0.1) is 39.9 Å². The molecule has 3 rings (SSSR count). The second-order valence-corrected chi connectivity index (χ2v) is 9.89. The molecule has 7 nitrogen and oxygen atoms in total. The molecule has 0 spiro atoms. The van der Waals surface area contributed by atoms with E-state index < -0.39 is 28.3 Å². The van der Waals surface area contributed by atoms with E-state index in [0.29, 0.717) is 16.5 Å². The zero-order valence-electron chi connectivity index (χ0n) is 17.8. The number of anilines is 2. The van der Waals surface area contributed by atoms with E-state index in [1.807, 2.05) is 0 Å². The molecule has 0 saturated heterocycles. The number of nitrogens with one attached hydrogen (secondary N) is 1. The topological polar surface area (TPSA) is 84.9 Å². The number of amides is 1. The van der Waals surface area contributed by atoms with Crippen LogP contribution in [0.3, 0.4) is 0 Å². The molecule has 3 aromatic rings. The number of rotatable bonds is 8. The van der Waals surface area contributed by atoms with Crippen LogP contribution in [0.15, 0.2) is 59.5 Å². The van der Waals surface area contributed by atoms with Gasteiger partial charge in [-0.2, -0.15) is 0 Å². The molecule has 0 fully saturated rings. The fourth-order valence-corrected chi connectivity index (χ4v) is 4.87. The van der Waals surface area contributed by atoms with Gasteiger partial charge in [0.1, 0.15) is 12.4 Å². The minimum Gasteiger partial charge on any atom is -0.493 e. The fraction of sp³-hybridized carbons (Fsp3) is 0.136. The number of methoxy groups -OCH3 is 2.